The van der Waals surface area contributed by atoms with Crippen LogP contribution in [0.5, 0.6) is 0 Å². The van der Waals surface area contributed by atoms with E-state index in [4.69, 9.17) is 5.73 Å². The van der Waals surface area contributed by atoms with Crippen LogP contribution < -0.4 is 5.73 Å². The fourth-order valence-electron chi connectivity index (χ4n) is 3.05. The average Bonchev–Trinajstić information content (AvgIpc) is 2.45. The zero-order chi connectivity index (χ0) is 13.7. The molecule has 1 aliphatic rings. The fraction of sp³-hybridized carbons (Fsp3) is 0.625. The van der Waals surface area contributed by atoms with Gasteiger partial charge in [0.1, 0.15) is 0 Å². The number of nitrogens with zero attached hydrogens (tertiary/aromatic N) is 2. The predicted octanol–water partition coefficient (Wildman–Crippen LogP) is 1.58. The molecule has 2 unspecified atom stereocenters. The summed E-state index contributed by atoms with van der Waals surface area (Å²) in [7, 11) is 4.46. The quantitative estimate of drug-likeness (QED) is 0.873. The van der Waals surface area contributed by atoms with Gasteiger partial charge < -0.3 is 10.6 Å². The lowest BCUT2D eigenvalue weighted by atomic mass is 9.99. The molecule has 1 aliphatic heterocycles. The second-order valence-electron chi connectivity index (χ2n) is 5.80. The first-order chi connectivity index (χ1) is 9.20. The van der Waals surface area contributed by atoms with Gasteiger partial charge >= 0.3 is 0 Å². The summed E-state index contributed by atoms with van der Waals surface area (Å²) in [5, 5.41) is 0. The van der Waals surface area contributed by atoms with E-state index < -0.39 is 0 Å². The van der Waals surface area contributed by atoms with Crippen LogP contribution >= 0.6 is 0 Å². The summed E-state index contributed by atoms with van der Waals surface area (Å²) in [6.07, 6.45) is 3.65. The summed E-state index contributed by atoms with van der Waals surface area (Å²) >= 11 is 0. The van der Waals surface area contributed by atoms with Gasteiger partial charge in [0.05, 0.1) is 0 Å². The molecule has 3 heteroatoms. The largest absolute Gasteiger partial charge is 0.329 e. The van der Waals surface area contributed by atoms with Crippen LogP contribution in [-0.2, 0) is 6.42 Å². The molecule has 3 nitrogen and oxygen atoms in total. The number of rotatable bonds is 5. The Bertz CT molecular complexity index is 366. The molecule has 1 heterocycles. The lowest BCUT2D eigenvalue weighted by Gasteiger charge is -2.39. The first kappa shape index (κ1) is 14.5. The molecule has 0 spiro atoms. The molecule has 19 heavy (non-hydrogen) atoms. The van der Waals surface area contributed by atoms with Crippen molar-refractivity contribution in [1.82, 2.24) is 9.80 Å². The van der Waals surface area contributed by atoms with E-state index in [1.807, 2.05) is 0 Å². The second-order valence-corrected chi connectivity index (χ2v) is 5.80. The summed E-state index contributed by atoms with van der Waals surface area (Å²) in [4.78, 5) is 4.93. The minimum atomic E-state index is 0.443. The predicted molar refractivity (Wildman–Crippen MR) is 81.3 cm³/mol. The van der Waals surface area contributed by atoms with Gasteiger partial charge in [-0.15, -0.1) is 0 Å². The van der Waals surface area contributed by atoms with Crippen LogP contribution in [-0.4, -0.2) is 55.6 Å². The Hall–Kier alpha value is -0.900. The molecule has 2 rings (SSSR count). The number of benzene rings is 1. The summed E-state index contributed by atoms with van der Waals surface area (Å²) in [6, 6.07) is 11.8. The lowest BCUT2D eigenvalue weighted by molar-refractivity contribution is 0.101. The van der Waals surface area contributed by atoms with E-state index in [-0.39, 0.29) is 0 Å². The first-order valence-corrected chi connectivity index (χ1v) is 7.35. The van der Waals surface area contributed by atoms with Gasteiger partial charge in [-0.2, -0.15) is 0 Å². The standard InChI is InChI=1S/C16H27N3/c1-18-10-6-9-15(13-18)19(2)16(12-17)11-14-7-4-3-5-8-14/h3-5,7-8,15-16H,6,9-13,17H2,1-2H3. The maximum absolute atomic E-state index is 6.01. The Morgan fingerprint density at radius 1 is 1.37 bits per heavy atom. The molecule has 1 aromatic rings. The molecule has 0 amide bonds. The van der Waals surface area contributed by atoms with E-state index in [2.05, 4.69) is 54.2 Å². The van der Waals surface area contributed by atoms with Gasteiger partial charge in [-0.05, 0) is 45.5 Å². The monoisotopic (exact) mass is 261 g/mol. The Labute approximate surface area is 117 Å². The van der Waals surface area contributed by atoms with Gasteiger partial charge in [0.15, 0.2) is 0 Å². The summed E-state index contributed by atoms with van der Waals surface area (Å²) in [5.74, 6) is 0. The molecule has 2 atom stereocenters. The van der Waals surface area contributed by atoms with E-state index >= 15 is 0 Å². The van der Waals surface area contributed by atoms with Crippen molar-refractivity contribution in [1.29, 1.82) is 0 Å². The zero-order valence-electron chi connectivity index (χ0n) is 12.3. The van der Waals surface area contributed by atoms with Crippen molar-refractivity contribution < 1.29 is 0 Å². The zero-order valence-corrected chi connectivity index (χ0v) is 12.3. The smallest absolute Gasteiger partial charge is 0.0259 e. The summed E-state index contributed by atoms with van der Waals surface area (Å²) in [5.41, 5.74) is 7.39. The molecule has 0 radical (unpaired) electrons. The highest BCUT2D eigenvalue weighted by Gasteiger charge is 2.25. The van der Waals surface area contributed by atoms with Gasteiger partial charge in [-0.1, -0.05) is 30.3 Å². The Morgan fingerprint density at radius 3 is 2.74 bits per heavy atom. The van der Waals surface area contributed by atoms with E-state index in [0.29, 0.717) is 12.1 Å². The van der Waals surface area contributed by atoms with E-state index in [1.54, 1.807) is 0 Å². The SMILES string of the molecule is CN1CCCC(N(C)C(CN)Cc2ccccc2)C1. The van der Waals surface area contributed by atoms with E-state index in [9.17, 15) is 0 Å². The number of hydrogen-bond acceptors (Lipinski definition) is 3. The minimum Gasteiger partial charge on any atom is -0.329 e. The van der Waals surface area contributed by atoms with Crippen LogP contribution in [0.2, 0.25) is 0 Å². The van der Waals surface area contributed by atoms with Gasteiger partial charge in [0.25, 0.3) is 0 Å². The normalized spacial score (nSPS) is 22.6. The highest BCUT2D eigenvalue weighted by Crippen LogP contribution is 2.17. The molecule has 2 N–H and O–H groups in total. The Kier molecular flexibility index (Phi) is 5.37. The van der Waals surface area contributed by atoms with E-state index in [1.165, 1.54) is 31.5 Å². The van der Waals surface area contributed by atoms with Crippen molar-refractivity contribution in [3.05, 3.63) is 35.9 Å². The summed E-state index contributed by atoms with van der Waals surface area (Å²) < 4.78 is 0. The molecule has 106 valence electrons. The third kappa shape index (κ3) is 4.03. The van der Waals surface area contributed by atoms with Crippen LogP contribution in [0.1, 0.15) is 18.4 Å². The van der Waals surface area contributed by atoms with Crippen molar-refractivity contribution in [2.45, 2.75) is 31.3 Å². The molecular weight excluding hydrogens is 234 g/mol. The average molecular weight is 261 g/mol. The van der Waals surface area contributed by atoms with Crippen LogP contribution in [0.15, 0.2) is 30.3 Å². The molecular formula is C16H27N3. The lowest BCUT2D eigenvalue weighted by Crippen LogP contribution is -2.51. The van der Waals surface area contributed by atoms with Crippen molar-refractivity contribution in [3.63, 3.8) is 0 Å². The second kappa shape index (κ2) is 7.04. The third-order valence-electron chi connectivity index (χ3n) is 4.34. The van der Waals surface area contributed by atoms with Crippen molar-refractivity contribution >= 4 is 0 Å². The van der Waals surface area contributed by atoms with E-state index in [0.717, 1.165) is 13.0 Å². The number of likely N-dealkylation sites (N-methyl/N-ethyl adjacent to an activating group) is 2. The Balaban J connectivity index is 1.96. The molecule has 0 bridgehead atoms. The van der Waals surface area contributed by atoms with Crippen molar-refractivity contribution in [2.75, 3.05) is 33.7 Å². The highest BCUT2D eigenvalue weighted by molar-refractivity contribution is 5.16. The number of nitrogens with two attached hydrogens (primary N) is 1. The fourth-order valence-corrected chi connectivity index (χ4v) is 3.05. The number of likely N-dealkylation sites (tertiary alicyclic amines) is 1. The van der Waals surface area contributed by atoms with Crippen LogP contribution in [0.4, 0.5) is 0 Å². The van der Waals surface area contributed by atoms with Crippen molar-refractivity contribution in [2.24, 2.45) is 5.73 Å². The molecule has 0 saturated carbocycles. The van der Waals surface area contributed by atoms with Gasteiger partial charge in [-0.3, -0.25) is 4.90 Å². The minimum absolute atomic E-state index is 0.443. The number of piperidine rings is 1. The van der Waals surface area contributed by atoms with Gasteiger partial charge in [0.2, 0.25) is 0 Å². The molecule has 1 saturated heterocycles. The third-order valence-corrected chi connectivity index (χ3v) is 4.34. The maximum atomic E-state index is 6.01. The van der Waals surface area contributed by atoms with Crippen LogP contribution in [0, 0.1) is 0 Å². The highest BCUT2D eigenvalue weighted by atomic mass is 15.2. The molecule has 0 aromatic heterocycles. The molecule has 0 aliphatic carbocycles. The van der Waals surface area contributed by atoms with Gasteiger partial charge in [0, 0.05) is 25.2 Å². The first-order valence-electron chi connectivity index (χ1n) is 7.35. The van der Waals surface area contributed by atoms with Crippen molar-refractivity contribution in [3.8, 4) is 0 Å². The topological polar surface area (TPSA) is 32.5 Å². The molecule has 1 fully saturated rings. The summed E-state index contributed by atoms with van der Waals surface area (Å²) in [6.45, 7) is 3.13. The Morgan fingerprint density at radius 2 is 2.11 bits per heavy atom. The number of hydrogen-bond donors (Lipinski definition) is 1. The van der Waals surface area contributed by atoms with Gasteiger partial charge in [-0.25, -0.2) is 0 Å². The molecule has 1 aromatic carbocycles. The maximum Gasteiger partial charge on any atom is 0.0259 e. The van der Waals surface area contributed by atoms with Crippen LogP contribution in [0.25, 0.3) is 0 Å². The van der Waals surface area contributed by atoms with Crippen LogP contribution in [0.3, 0.4) is 0 Å².